The maximum absolute atomic E-state index is 12.7. The van der Waals surface area contributed by atoms with Gasteiger partial charge in [-0.1, -0.05) is 30.3 Å². The van der Waals surface area contributed by atoms with E-state index in [4.69, 9.17) is 4.74 Å². The van der Waals surface area contributed by atoms with Crippen molar-refractivity contribution in [2.24, 2.45) is 0 Å². The van der Waals surface area contributed by atoms with Gasteiger partial charge in [0, 0.05) is 24.9 Å². The summed E-state index contributed by atoms with van der Waals surface area (Å²) >= 11 is 0. The third-order valence-corrected chi connectivity index (χ3v) is 5.16. The molecule has 1 fully saturated rings. The molecule has 0 unspecified atom stereocenters. The van der Waals surface area contributed by atoms with Crippen molar-refractivity contribution in [3.8, 4) is 0 Å². The van der Waals surface area contributed by atoms with Crippen LogP contribution in [-0.4, -0.2) is 44.2 Å². The number of methoxy groups -OCH3 is 1. The van der Waals surface area contributed by atoms with Crippen molar-refractivity contribution in [2.45, 2.75) is 24.9 Å². The summed E-state index contributed by atoms with van der Waals surface area (Å²) < 4.78 is 5.54. The van der Waals surface area contributed by atoms with E-state index >= 15 is 0 Å². The van der Waals surface area contributed by atoms with E-state index in [-0.39, 0.29) is 11.8 Å². The Kier molecular flexibility index (Phi) is 6.79. The lowest BCUT2D eigenvalue weighted by atomic mass is 9.91. The second-order valence-electron chi connectivity index (χ2n) is 6.97. The molecule has 0 bridgehead atoms. The maximum Gasteiger partial charge on any atom is 0.256 e. The number of benzene rings is 2. The number of piperidine rings is 1. The van der Waals surface area contributed by atoms with Gasteiger partial charge >= 0.3 is 0 Å². The Morgan fingerprint density at radius 3 is 2.36 bits per heavy atom. The summed E-state index contributed by atoms with van der Waals surface area (Å²) in [6.07, 6.45) is 2.06. The van der Waals surface area contributed by atoms with E-state index < -0.39 is 5.60 Å². The van der Waals surface area contributed by atoms with Crippen molar-refractivity contribution in [3.05, 3.63) is 65.7 Å². The highest BCUT2D eigenvalue weighted by Gasteiger charge is 2.39. The molecule has 0 aromatic heterocycles. The number of anilines is 1. The molecule has 2 aromatic rings. The number of hydrogen-bond acceptors (Lipinski definition) is 4. The fourth-order valence-electron chi connectivity index (χ4n) is 3.37. The first-order chi connectivity index (χ1) is 13.6. The quantitative estimate of drug-likeness (QED) is 0.688. The molecule has 0 radical (unpaired) electrons. The second-order valence-corrected chi connectivity index (χ2v) is 6.97. The van der Waals surface area contributed by atoms with Crippen LogP contribution >= 0.6 is 0 Å². The number of ether oxygens (including phenoxy) is 1. The molecule has 0 spiro atoms. The van der Waals surface area contributed by atoms with Crippen LogP contribution in [0.2, 0.25) is 0 Å². The zero-order valence-corrected chi connectivity index (χ0v) is 16.2. The van der Waals surface area contributed by atoms with Gasteiger partial charge in [-0.15, -0.1) is 0 Å². The molecule has 0 saturated carbocycles. The number of carbonyl (C=O) groups excluding carboxylic acids is 2. The van der Waals surface area contributed by atoms with Gasteiger partial charge in [0.2, 0.25) is 0 Å². The van der Waals surface area contributed by atoms with Gasteiger partial charge in [0.15, 0.2) is 0 Å². The summed E-state index contributed by atoms with van der Waals surface area (Å²) in [5.41, 5.74) is 1.61. The predicted octanol–water partition coefficient (Wildman–Crippen LogP) is 2.37. The molecule has 0 aliphatic carbocycles. The fraction of sp³-hybridized carbons (Fsp3) is 0.364. The highest BCUT2D eigenvalue weighted by molar-refractivity contribution is 5.98. The summed E-state index contributed by atoms with van der Waals surface area (Å²) in [5.74, 6) is -0.267. The van der Waals surface area contributed by atoms with E-state index in [2.05, 4.69) is 16.0 Å². The molecule has 28 heavy (non-hydrogen) atoms. The molecule has 6 heteroatoms. The van der Waals surface area contributed by atoms with Crippen LogP contribution in [0.3, 0.4) is 0 Å². The third-order valence-electron chi connectivity index (χ3n) is 5.16. The van der Waals surface area contributed by atoms with Crippen molar-refractivity contribution in [3.63, 3.8) is 0 Å². The van der Waals surface area contributed by atoms with E-state index in [0.717, 1.165) is 19.5 Å². The molecule has 3 N–H and O–H groups in total. The maximum atomic E-state index is 12.7. The molecule has 0 atom stereocenters. The smallest absolute Gasteiger partial charge is 0.256 e. The molecule has 148 valence electrons. The number of hydrogen-bond donors (Lipinski definition) is 3. The molecule has 2 aromatic carbocycles. The standard InChI is InChI=1S/C22H27N3O3/c1-28-22(12-15-23-16-13-22)21(27)25-19-9-7-18(8-10-19)20(26)24-14-11-17-5-3-2-4-6-17/h2-10,23H,11-16H2,1H3,(H,24,26)(H,25,27). The van der Waals surface area contributed by atoms with Gasteiger partial charge in [-0.05, 0) is 62.2 Å². The van der Waals surface area contributed by atoms with Crippen LogP contribution in [0.15, 0.2) is 54.6 Å². The lowest BCUT2D eigenvalue weighted by Crippen LogP contribution is -2.51. The first-order valence-corrected chi connectivity index (χ1v) is 9.62. The van der Waals surface area contributed by atoms with E-state index in [9.17, 15) is 9.59 Å². The summed E-state index contributed by atoms with van der Waals surface area (Å²) in [4.78, 5) is 25.0. The van der Waals surface area contributed by atoms with Gasteiger partial charge in [-0.25, -0.2) is 0 Å². The Bertz CT molecular complexity index is 784. The lowest BCUT2D eigenvalue weighted by molar-refractivity contribution is -0.140. The Morgan fingerprint density at radius 2 is 1.71 bits per heavy atom. The van der Waals surface area contributed by atoms with Gasteiger partial charge in [-0.2, -0.15) is 0 Å². The lowest BCUT2D eigenvalue weighted by Gasteiger charge is -2.34. The van der Waals surface area contributed by atoms with Crippen LogP contribution in [0, 0.1) is 0 Å². The summed E-state index contributed by atoms with van der Waals surface area (Å²) in [5, 5.41) is 9.07. The van der Waals surface area contributed by atoms with E-state index in [0.29, 0.717) is 30.6 Å². The Labute approximate surface area is 165 Å². The second kappa shape index (κ2) is 9.48. The average Bonchev–Trinajstić information content (AvgIpc) is 2.75. The van der Waals surface area contributed by atoms with Gasteiger partial charge in [-0.3, -0.25) is 9.59 Å². The van der Waals surface area contributed by atoms with Crippen molar-refractivity contribution in [2.75, 3.05) is 32.1 Å². The molecule has 1 heterocycles. The van der Waals surface area contributed by atoms with Crippen LogP contribution in [-0.2, 0) is 16.0 Å². The SMILES string of the molecule is COC1(C(=O)Nc2ccc(C(=O)NCCc3ccccc3)cc2)CCNCC1. The van der Waals surface area contributed by atoms with Crippen LogP contribution in [0.4, 0.5) is 5.69 Å². The zero-order valence-electron chi connectivity index (χ0n) is 16.2. The first-order valence-electron chi connectivity index (χ1n) is 9.62. The number of rotatable bonds is 7. The summed E-state index contributed by atoms with van der Waals surface area (Å²) in [7, 11) is 1.58. The van der Waals surface area contributed by atoms with Crippen LogP contribution in [0.5, 0.6) is 0 Å². The highest BCUT2D eigenvalue weighted by atomic mass is 16.5. The van der Waals surface area contributed by atoms with Crippen LogP contribution in [0.1, 0.15) is 28.8 Å². The van der Waals surface area contributed by atoms with E-state index in [1.165, 1.54) is 5.56 Å². The van der Waals surface area contributed by atoms with Crippen LogP contribution in [0.25, 0.3) is 0 Å². The highest BCUT2D eigenvalue weighted by Crippen LogP contribution is 2.24. The van der Waals surface area contributed by atoms with Gasteiger partial charge < -0.3 is 20.7 Å². The molecule has 6 nitrogen and oxygen atoms in total. The molecule has 1 saturated heterocycles. The summed E-state index contributed by atoms with van der Waals surface area (Å²) in [6.45, 7) is 2.08. The van der Waals surface area contributed by atoms with E-state index in [1.54, 1.807) is 31.4 Å². The minimum Gasteiger partial charge on any atom is -0.368 e. The Balaban J connectivity index is 1.52. The number of carbonyl (C=O) groups is 2. The monoisotopic (exact) mass is 381 g/mol. The normalized spacial score (nSPS) is 15.6. The number of amides is 2. The van der Waals surface area contributed by atoms with Crippen molar-refractivity contribution >= 4 is 17.5 Å². The minimum absolute atomic E-state index is 0.125. The molecule has 3 rings (SSSR count). The van der Waals surface area contributed by atoms with Gasteiger partial charge in [0.1, 0.15) is 5.60 Å². The molecule has 1 aliphatic rings. The van der Waals surface area contributed by atoms with E-state index in [1.807, 2.05) is 30.3 Å². The molecular weight excluding hydrogens is 354 g/mol. The Hall–Kier alpha value is -2.70. The van der Waals surface area contributed by atoms with Gasteiger partial charge in [0.25, 0.3) is 11.8 Å². The number of nitrogens with one attached hydrogen (secondary N) is 3. The van der Waals surface area contributed by atoms with Crippen molar-refractivity contribution in [1.29, 1.82) is 0 Å². The largest absolute Gasteiger partial charge is 0.368 e. The van der Waals surface area contributed by atoms with Crippen LogP contribution < -0.4 is 16.0 Å². The fourth-order valence-corrected chi connectivity index (χ4v) is 3.37. The van der Waals surface area contributed by atoms with Crippen molar-refractivity contribution in [1.82, 2.24) is 10.6 Å². The topological polar surface area (TPSA) is 79.5 Å². The molecule has 1 aliphatic heterocycles. The van der Waals surface area contributed by atoms with Gasteiger partial charge in [0.05, 0.1) is 0 Å². The minimum atomic E-state index is -0.793. The summed E-state index contributed by atoms with van der Waals surface area (Å²) in [6, 6.07) is 17.0. The van der Waals surface area contributed by atoms with Crippen molar-refractivity contribution < 1.29 is 14.3 Å². The predicted molar refractivity (Wildman–Crippen MR) is 109 cm³/mol. The Morgan fingerprint density at radius 1 is 1.04 bits per heavy atom. The first kappa shape index (κ1) is 20.0. The molecule has 2 amide bonds. The third kappa shape index (κ3) is 4.97. The molecular formula is C22H27N3O3. The average molecular weight is 381 g/mol. The zero-order chi connectivity index (χ0) is 19.8.